The molecule has 1 heterocycles. The van der Waals surface area contributed by atoms with Gasteiger partial charge in [-0.05, 0) is 53.6 Å². The number of hydrogen-bond acceptors (Lipinski definition) is 2. The Bertz CT molecular complexity index is 846. The largest absolute Gasteiger partial charge is 0.274 e. The number of hydrogen-bond donors (Lipinski definition) is 0. The molecule has 3 nitrogen and oxygen atoms in total. The minimum atomic E-state index is -0.0864. The second kappa shape index (κ2) is 5.04. The van der Waals surface area contributed by atoms with E-state index in [-0.39, 0.29) is 23.7 Å². The summed E-state index contributed by atoms with van der Waals surface area (Å²) in [7, 11) is 0. The predicted octanol–water partition coefficient (Wildman–Crippen LogP) is 3.94. The number of anilines is 1. The Kier molecular flexibility index (Phi) is 2.93. The Morgan fingerprint density at radius 3 is 2.21 bits per heavy atom. The molecule has 2 amide bonds. The van der Waals surface area contributed by atoms with Crippen LogP contribution < -0.4 is 4.90 Å². The van der Waals surface area contributed by atoms with Crippen molar-refractivity contribution >= 4 is 17.5 Å². The smallest absolute Gasteiger partial charge is 0.237 e. The van der Waals surface area contributed by atoms with Gasteiger partial charge in [0.15, 0.2) is 0 Å². The normalized spacial score (nSPS) is 24.8. The van der Waals surface area contributed by atoms with Crippen LogP contribution in [-0.4, -0.2) is 11.8 Å². The molecule has 2 aliphatic carbocycles. The molecule has 2 atom stereocenters. The van der Waals surface area contributed by atoms with Gasteiger partial charge in [-0.2, -0.15) is 0 Å². The molecule has 3 heteroatoms. The molecule has 2 fully saturated rings. The van der Waals surface area contributed by atoms with E-state index in [9.17, 15) is 9.59 Å². The maximum absolute atomic E-state index is 12.8. The zero-order chi connectivity index (χ0) is 16.3. The summed E-state index contributed by atoms with van der Waals surface area (Å²) >= 11 is 0. The molecule has 2 aromatic rings. The molecule has 0 spiro atoms. The maximum atomic E-state index is 12.8. The number of rotatable bonds is 1. The van der Waals surface area contributed by atoms with E-state index in [1.807, 2.05) is 12.1 Å². The van der Waals surface area contributed by atoms with Gasteiger partial charge in [0.1, 0.15) is 0 Å². The average molecular weight is 317 g/mol. The van der Waals surface area contributed by atoms with E-state index in [4.69, 9.17) is 0 Å². The maximum Gasteiger partial charge on any atom is 0.237 e. The number of carbonyl (C=O) groups excluding carboxylic acids is 2. The van der Waals surface area contributed by atoms with Crippen molar-refractivity contribution in [2.45, 2.75) is 32.1 Å². The summed E-state index contributed by atoms with van der Waals surface area (Å²) in [4.78, 5) is 27.0. The van der Waals surface area contributed by atoms with Gasteiger partial charge in [-0.15, -0.1) is 0 Å². The Labute approximate surface area is 141 Å². The van der Waals surface area contributed by atoms with Crippen LogP contribution in [0.5, 0.6) is 0 Å². The van der Waals surface area contributed by atoms with Crippen LogP contribution in [0.15, 0.2) is 42.5 Å². The molecule has 0 bridgehead atoms. The Hall–Kier alpha value is -2.42. The van der Waals surface area contributed by atoms with Crippen LogP contribution in [-0.2, 0) is 16.0 Å². The summed E-state index contributed by atoms with van der Waals surface area (Å²) in [6.45, 7) is 0. The molecule has 24 heavy (non-hydrogen) atoms. The van der Waals surface area contributed by atoms with Crippen LogP contribution >= 0.6 is 0 Å². The number of benzene rings is 2. The van der Waals surface area contributed by atoms with E-state index >= 15 is 0 Å². The summed E-state index contributed by atoms with van der Waals surface area (Å²) in [5.41, 5.74) is 5.78. The quantitative estimate of drug-likeness (QED) is 0.638. The highest BCUT2D eigenvalue weighted by molar-refractivity contribution is 6.22. The van der Waals surface area contributed by atoms with Gasteiger partial charge in [-0.1, -0.05) is 43.2 Å². The topological polar surface area (TPSA) is 37.4 Å². The first-order chi connectivity index (χ1) is 11.7. The standard InChI is InChI=1S/C21H19NO2/c23-20-18-7-3-4-8-19(18)21(24)22(20)15-9-10-17-14(12-15)11-13-5-1-2-6-16(13)17/h1-2,5-6,9-10,12,18-19H,3-4,7-8,11H2/t18-,19+. The van der Waals surface area contributed by atoms with E-state index in [0.717, 1.165) is 37.8 Å². The molecule has 2 aromatic carbocycles. The minimum absolute atomic E-state index is 0.0140. The van der Waals surface area contributed by atoms with Crippen molar-refractivity contribution in [3.8, 4) is 11.1 Å². The monoisotopic (exact) mass is 317 g/mol. The molecule has 0 radical (unpaired) electrons. The summed E-state index contributed by atoms with van der Waals surface area (Å²) in [5, 5.41) is 0. The third-order valence-corrected chi connectivity index (χ3v) is 5.88. The minimum Gasteiger partial charge on any atom is -0.274 e. The predicted molar refractivity (Wildman–Crippen MR) is 92.6 cm³/mol. The van der Waals surface area contributed by atoms with Crippen molar-refractivity contribution in [1.82, 2.24) is 0 Å². The SMILES string of the molecule is O=C1[C@H]2CCCC[C@H]2C(=O)N1c1ccc2c(c1)Cc1ccccc1-2. The molecule has 5 rings (SSSR count). The van der Waals surface area contributed by atoms with Gasteiger partial charge in [-0.3, -0.25) is 14.5 Å². The first kappa shape index (κ1) is 14.0. The first-order valence-corrected chi connectivity index (χ1v) is 8.83. The van der Waals surface area contributed by atoms with Crippen molar-refractivity contribution in [2.24, 2.45) is 11.8 Å². The van der Waals surface area contributed by atoms with E-state index < -0.39 is 0 Å². The van der Waals surface area contributed by atoms with Crippen LogP contribution in [0.1, 0.15) is 36.8 Å². The molecule has 0 unspecified atom stereocenters. The fourth-order valence-electron chi connectivity index (χ4n) is 4.69. The van der Waals surface area contributed by atoms with Crippen molar-refractivity contribution < 1.29 is 9.59 Å². The highest BCUT2D eigenvalue weighted by Gasteiger charge is 2.48. The fraction of sp³-hybridized carbons (Fsp3) is 0.333. The van der Waals surface area contributed by atoms with Gasteiger partial charge in [0.05, 0.1) is 17.5 Å². The van der Waals surface area contributed by atoms with E-state index in [0.29, 0.717) is 0 Å². The summed E-state index contributed by atoms with van der Waals surface area (Å²) in [6, 6.07) is 14.5. The molecule has 120 valence electrons. The lowest BCUT2D eigenvalue weighted by atomic mass is 9.81. The number of imide groups is 1. The summed E-state index contributed by atoms with van der Waals surface area (Å²) in [6.07, 6.45) is 4.73. The van der Waals surface area contributed by atoms with Crippen molar-refractivity contribution in [3.63, 3.8) is 0 Å². The van der Waals surface area contributed by atoms with E-state index in [2.05, 4.69) is 30.3 Å². The third kappa shape index (κ3) is 1.84. The Balaban J connectivity index is 1.54. The van der Waals surface area contributed by atoms with Crippen LogP contribution in [0.4, 0.5) is 5.69 Å². The molecular weight excluding hydrogens is 298 g/mol. The molecule has 1 aliphatic heterocycles. The van der Waals surface area contributed by atoms with Crippen molar-refractivity contribution in [3.05, 3.63) is 53.6 Å². The highest BCUT2D eigenvalue weighted by atomic mass is 16.2. The highest BCUT2D eigenvalue weighted by Crippen LogP contribution is 2.42. The second-order valence-corrected chi connectivity index (χ2v) is 7.18. The zero-order valence-corrected chi connectivity index (χ0v) is 13.5. The van der Waals surface area contributed by atoms with E-state index in [1.54, 1.807) is 0 Å². The zero-order valence-electron chi connectivity index (χ0n) is 13.5. The van der Waals surface area contributed by atoms with Gasteiger partial charge in [-0.25, -0.2) is 0 Å². The van der Waals surface area contributed by atoms with Crippen molar-refractivity contribution in [1.29, 1.82) is 0 Å². The molecule has 1 saturated carbocycles. The number of fused-ring (bicyclic) bond motifs is 4. The lowest BCUT2D eigenvalue weighted by Gasteiger charge is -2.19. The Morgan fingerprint density at radius 2 is 1.46 bits per heavy atom. The fourth-order valence-corrected chi connectivity index (χ4v) is 4.69. The van der Waals surface area contributed by atoms with Gasteiger partial charge >= 0.3 is 0 Å². The second-order valence-electron chi connectivity index (χ2n) is 7.18. The first-order valence-electron chi connectivity index (χ1n) is 8.83. The third-order valence-electron chi connectivity index (χ3n) is 5.88. The molecule has 1 saturated heterocycles. The van der Waals surface area contributed by atoms with Gasteiger partial charge < -0.3 is 0 Å². The molecule has 0 N–H and O–H groups in total. The van der Waals surface area contributed by atoms with Crippen LogP contribution in [0, 0.1) is 11.8 Å². The van der Waals surface area contributed by atoms with Gasteiger partial charge in [0, 0.05) is 0 Å². The van der Waals surface area contributed by atoms with Crippen molar-refractivity contribution in [2.75, 3.05) is 4.90 Å². The number of carbonyl (C=O) groups is 2. The number of nitrogens with zero attached hydrogens (tertiary/aromatic N) is 1. The molecule has 3 aliphatic rings. The van der Waals surface area contributed by atoms with Crippen LogP contribution in [0.2, 0.25) is 0 Å². The summed E-state index contributed by atoms with van der Waals surface area (Å²) in [5.74, 6) is -0.145. The van der Waals surface area contributed by atoms with Gasteiger partial charge in [0.25, 0.3) is 0 Å². The summed E-state index contributed by atoms with van der Waals surface area (Å²) < 4.78 is 0. The lowest BCUT2D eigenvalue weighted by molar-refractivity contribution is -0.122. The van der Waals surface area contributed by atoms with Gasteiger partial charge in [0.2, 0.25) is 11.8 Å². The van der Waals surface area contributed by atoms with E-state index in [1.165, 1.54) is 27.2 Å². The lowest BCUT2D eigenvalue weighted by Crippen LogP contribution is -2.30. The van der Waals surface area contributed by atoms with Crippen LogP contribution in [0.25, 0.3) is 11.1 Å². The Morgan fingerprint density at radius 1 is 0.792 bits per heavy atom. The molecular formula is C21H19NO2. The van der Waals surface area contributed by atoms with Crippen LogP contribution in [0.3, 0.4) is 0 Å². The molecule has 0 aromatic heterocycles. The number of amides is 2. The average Bonchev–Trinajstić information content (AvgIpc) is 3.10.